The average Bonchev–Trinajstić information content (AvgIpc) is 2.82. The van der Waals surface area contributed by atoms with Crippen LogP contribution in [0.2, 0.25) is 0 Å². The molecule has 1 saturated heterocycles. The number of nitrogens with zero attached hydrogens (tertiary/aromatic N) is 3. The molecule has 5 nitrogen and oxygen atoms in total. The van der Waals surface area contributed by atoms with Crippen LogP contribution in [0, 0.1) is 0 Å². The van der Waals surface area contributed by atoms with E-state index in [0.717, 1.165) is 18.8 Å². The Labute approximate surface area is 112 Å². The van der Waals surface area contributed by atoms with Gasteiger partial charge in [0.25, 0.3) is 0 Å². The average molecular weight is 286 g/mol. The van der Waals surface area contributed by atoms with Crippen LogP contribution in [0.1, 0.15) is 11.4 Å². The van der Waals surface area contributed by atoms with Gasteiger partial charge in [-0.15, -0.1) is 10.2 Å². The zero-order valence-corrected chi connectivity index (χ0v) is 10.5. The Balaban J connectivity index is 1.90. The van der Waals surface area contributed by atoms with Gasteiger partial charge in [-0.25, -0.2) is 0 Å². The Hall–Kier alpha value is -1.67. The van der Waals surface area contributed by atoms with E-state index in [1.807, 2.05) is 0 Å². The minimum Gasteiger partial charge on any atom is -0.379 e. The molecule has 0 amide bonds. The number of pyridine rings is 1. The fourth-order valence-electron chi connectivity index (χ4n) is 2.22. The smallest absolute Gasteiger partial charge is 0.379 e. The van der Waals surface area contributed by atoms with E-state index in [9.17, 15) is 13.2 Å². The summed E-state index contributed by atoms with van der Waals surface area (Å²) in [7, 11) is 0. The number of ether oxygens (including phenoxy) is 1. The van der Waals surface area contributed by atoms with Gasteiger partial charge in [-0.1, -0.05) is 0 Å². The Morgan fingerprint density at radius 2 is 2.20 bits per heavy atom. The Morgan fingerprint density at radius 3 is 2.90 bits per heavy atom. The molecule has 2 aromatic heterocycles. The Kier molecular flexibility index (Phi) is 3.35. The highest BCUT2D eigenvalue weighted by molar-refractivity contribution is 5.40. The zero-order chi connectivity index (χ0) is 14.2. The molecule has 0 saturated carbocycles. The van der Waals surface area contributed by atoms with Gasteiger partial charge in [0.1, 0.15) is 5.82 Å². The van der Waals surface area contributed by atoms with Gasteiger partial charge < -0.3 is 10.1 Å². The number of halogens is 3. The first kappa shape index (κ1) is 13.3. The molecule has 1 aliphatic rings. The van der Waals surface area contributed by atoms with E-state index in [1.165, 1.54) is 10.5 Å². The summed E-state index contributed by atoms with van der Waals surface area (Å²) in [5.41, 5.74) is -0.302. The van der Waals surface area contributed by atoms with Crippen LogP contribution in [-0.4, -0.2) is 40.4 Å². The molecule has 1 atom stereocenters. The maximum atomic E-state index is 12.7. The molecule has 0 bridgehead atoms. The summed E-state index contributed by atoms with van der Waals surface area (Å²) in [4.78, 5) is 0. The molecule has 1 fully saturated rings. The van der Waals surface area contributed by atoms with Crippen molar-refractivity contribution in [2.45, 2.75) is 18.6 Å². The molecular weight excluding hydrogens is 273 g/mol. The van der Waals surface area contributed by atoms with E-state index in [0.29, 0.717) is 31.1 Å². The second kappa shape index (κ2) is 5.02. The second-order valence-electron chi connectivity index (χ2n) is 4.69. The lowest BCUT2D eigenvalue weighted by Gasteiger charge is -2.23. The Bertz CT molecular complexity index is 604. The van der Waals surface area contributed by atoms with Crippen LogP contribution in [0.4, 0.5) is 13.2 Å². The van der Waals surface area contributed by atoms with Crippen molar-refractivity contribution < 1.29 is 17.9 Å². The third-order valence-electron chi connectivity index (χ3n) is 3.23. The maximum Gasteiger partial charge on any atom is 0.417 e. The lowest BCUT2D eigenvalue weighted by atomic mass is 10.2. The Morgan fingerprint density at radius 1 is 1.35 bits per heavy atom. The van der Waals surface area contributed by atoms with Gasteiger partial charge in [0.15, 0.2) is 5.65 Å². The molecule has 20 heavy (non-hydrogen) atoms. The van der Waals surface area contributed by atoms with Crippen LogP contribution in [0.25, 0.3) is 5.65 Å². The summed E-state index contributed by atoms with van der Waals surface area (Å²) in [5, 5.41) is 11.1. The van der Waals surface area contributed by atoms with Crippen LogP contribution in [0.15, 0.2) is 18.3 Å². The molecule has 0 aliphatic carbocycles. The normalized spacial score (nSPS) is 20.4. The molecule has 1 N–H and O–H groups in total. The van der Waals surface area contributed by atoms with Crippen LogP contribution < -0.4 is 5.32 Å². The lowest BCUT2D eigenvalue weighted by molar-refractivity contribution is -0.137. The predicted octanol–water partition coefficient (Wildman–Crippen LogP) is 1.28. The maximum absolute atomic E-state index is 12.7. The second-order valence-corrected chi connectivity index (χ2v) is 4.69. The van der Waals surface area contributed by atoms with Crippen molar-refractivity contribution in [3.63, 3.8) is 0 Å². The van der Waals surface area contributed by atoms with E-state index >= 15 is 0 Å². The van der Waals surface area contributed by atoms with Gasteiger partial charge in [0.05, 0.1) is 18.8 Å². The third kappa shape index (κ3) is 2.61. The summed E-state index contributed by atoms with van der Waals surface area (Å²) in [6.07, 6.45) is -2.86. The van der Waals surface area contributed by atoms with Gasteiger partial charge in [0, 0.05) is 25.2 Å². The molecule has 0 spiro atoms. The fraction of sp³-hybridized carbons (Fsp3) is 0.500. The molecule has 1 aliphatic heterocycles. The number of hydrogen-bond donors (Lipinski definition) is 1. The summed E-state index contributed by atoms with van der Waals surface area (Å²) in [5.74, 6) is 0.495. The first-order chi connectivity index (χ1) is 9.54. The number of fused-ring (bicyclic) bond motifs is 1. The van der Waals surface area contributed by atoms with Crippen molar-refractivity contribution in [2.24, 2.45) is 0 Å². The van der Waals surface area contributed by atoms with Crippen molar-refractivity contribution in [3.05, 3.63) is 29.7 Å². The van der Waals surface area contributed by atoms with Crippen molar-refractivity contribution in [1.82, 2.24) is 19.9 Å². The summed E-state index contributed by atoms with van der Waals surface area (Å²) >= 11 is 0. The molecule has 2 aromatic rings. The molecular formula is C12H13F3N4O. The van der Waals surface area contributed by atoms with Crippen LogP contribution in [0.5, 0.6) is 0 Å². The van der Waals surface area contributed by atoms with Gasteiger partial charge in [0.2, 0.25) is 0 Å². The highest BCUT2D eigenvalue weighted by atomic mass is 19.4. The minimum atomic E-state index is -4.37. The summed E-state index contributed by atoms with van der Waals surface area (Å²) in [6.45, 7) is 1.90. The van der Waals surface area contributed by atoms with E-state index in [2.05, 4.69) is 15.5 Å². The van der Waals surface area contributed by atoms with E-state index in [4.69, 9.17) is 4.74 Å². The number of morpholine rings is 1. The quantitative estimate of drug-likeness (QED) is 0.903. The van der Waals surface area contributed by atoms with Crippen LogP contribution in [0.3, 0.4) is 0 Å². The van der Waals surface area contributed by atoms with Crippen molar-refractivity contribution in [1.29, 1.82) is 0 Å². The number of aromatic nitrogens is 3. The lowest BCUT2D eigenvalue weighted by Crippen LogP contribution is -2.42. The third-order valence-corrected chi connectivity index (χ3v) is 3.23. The fourth-order valence-corrected chi connectivity index (χ4v) is 2.22. The first-order valence-corrected chi connectivity index (χ1v) is 6.26. The highest BCUT2D eigenvalue weighted by Gasteiger charge is 2.31. The highest BCUT2D eigenvalue weighted by Crippen LogP contribution is 2.29. The monoisotopic (exact) mass is 286 g/mol. The predicted molar refractivity (Wildman–Crippen MR) is 64.3 cm³/mol. The number of rotatable bonds is 2. The number of nitrogens with one attached hydrogen (secondary N) is 1. The minimum absolute atomic E-state index is 0.0469. The number of alkyl halides is 3. The van der Waals surface area contributed by atoms with E-state index in [-0.39, 0.29) is 6.04 Å². The first-order valence-electron chi connectivity index (χ1n) is 6.26. The molecule has 1 unspecified atom stereocenters. The van der Waals surface area contributed by atoms with Crippen LogP contribution in [-0.2, 0) is 17.3 Å². The van der Waals surface area contributed by atoms with E-state index < -0.39 is 11.7 Å². The molecule has 3 heterocycles. The van der Waals surface area contributed by atoms with Crippen molar-refractivity contribution in [3.8, 4) is 0 Å². The molecule has 108 valence electrons. The summed E-state index contributed by atoms with van der Waals surface area (Å²) in [6, 6.07) is 2.38. The summed E-state index contributed by atoms with van der Waals surface area (Å²) < 4.78 is 44.9. The molecule has 0 radical (unpaired) electrons. The largest absolute Gasteiger partial charge is 0.417 e. The van der Waals surface area contributed by atoms with Crippen LogP contribution >= 0.6 is 0 Å². The standard InChI is InChI=1S/C12H13F3N4O/c13-12(14,15)8-1-2-10-17-18-11(19(10)6-8)5-9-7-20-4-3-16-9/h1-2,6,9,16H,3-5,7H2. The molecule has 3 rings (SSSR count). The SMILES string of the molecule is FC(F)(F)c1ccc2nnc(CC3COCCN3)n2c1. The van der Waals surface area contributed by atoms with Gasteiger partial charge >= 0.3 is 6.18 Å². The molecule has 8 heteroatoms. The van der Waals surface area contributed by atoms with Crippen molar-refractivity contribution in [2.75, 3.05) is 19.8 Å². The van der Waals surface area contributed by atoms with Gasteiger partial charge in [-0.2, -0.15) is 13.2 Å². The van der Waals surface area contributed by atoms with Gasteiger partial charge in [-0.3, -0.25) is 4.40 Å². The molecule has 0 aromatic carbocycles. The zero-order valence-electron chi connectivity index (χ0n) is 10.5. The van der Waals surface area contributed by atoms with Crippen molar-refractivity contribution >= 4 is 5.65 Å². The van der Waals surface area contributed by atoms with Gasteiger partial charge in [-0.05, 0) is 12.1 Å². The topological polar surface area (TPSA) is 51.5 Å². The van der Waals surface area contributed by atoms with E-state index in [1.54, 1.807) is 0 Å². The number of hydrogen-bond acceptors (Lipinski definition) is 4.